The van der Waals surface area contributed by atoms with Gasteiger partial charge in [0.2, 0.25) is 0 Å². The number of nitrogens with one attached hydrogen (secondary N) is 1. The topological polar surface area (TPSA) is 147 Å². The van der Waals surface area contributed by atoms with Crippen LogP contribution in [0.25, 0.3) is 11.2 Å². The van der Waals surface area contributed by atoms with Gasteiger partial charge in [-0.15, -0.1) is 0 Å². The van der Waals surface area contributed by atoms with Crippen LogP contribution in [0, 0.1) is 0 Å². The van der Waals surface area contributed by atoms with E-state index in [2.05, 4.69) is 24.7 Å². The van der Waals surface area contributed by atoms with Crippen molar-refractivity contribution in [1.82, 2.24) is 19.5 Å². The minimum atomic E-state index is -0.886. The number of aromatic amines is 1. The van der Waals surface area contributed by atoms with Gasteiger partial charge in [0, 0.05) is 18.9 Å². The number of hydrogen-bond donors (Lipinski definition) is 1. The lowest BCUT2D eigenvalue weighted by molar-refractivity contribution is -0.152. The number of methoxy groups -OCH3 is 1. The predicted octanol–water partition coefficient (Wildman–Crippen LogP) is 1.50. The lowest BCUT2D eigenvalue weighted by atomic mass is 10.2. The third kappa shape index (κ3) is 4.90. The first-order chi connectivity index (χ1) is 16.0. The number of carbonyl (C=O) groups excluding carboxylic acids is 3. The summed E-state index contributed by atoms with van der Waals surface area (Å²) in [7, 11) is 1.20. The van der Waals surface area contributed by atoms with E-state index < -0.39 is 36.5 Å². The van der Waals surface area contributed by atoms with Crippen LogP contribution in [0.3, 0.4) is 0 Å². The van der Waals surface area contributed by atoms with Gasteiger partial charge in [-0.3, -0.25) is 14.2 Å². The van der Waals surface area contributed by atoms with Gasteiger partial charge in [0.15, 0.2) is 17.4 Å². The van der Waals surface area contributed by atoms with E-state index in [1.807, 2.05) is 0 Å². The van der Waals surface area contributed by atoms with Crippen molar-refractivity contribution < 1.29 is 33.3 Å². The Labute approximate surface area is 187 Å². The summed E-state index contributed by atoms with van der Waals surface area (Å²) in [6.45, 7) is 1.16. The van der Waals surface area contributed by atoms with Crippen LogP contribution >= 0.6 is 0 Å². The monoisotopic (exact) mass is 455 g/mol. The molecule has 4 rings (SSSR count). The normalized spacial score (nSPS) is 20.5. The van der Waals surface area contributed by atoms with Crippen LogP contribution in [0.2, 0.25) is 0 Å². The first-order valence-corrected chi connectivity index (χ1v) is 10.0. The second kappa shape index (κ2) is 9.61. The Hall–Kier alpha value is -4.06. The molecule has 0 radical (unpaired) electrons. The van der Waals surface area contributed by atoms with Gasteiger partial charge in [-0.25, -0.2) is 14.8 Å². The summed E-state index contributed by atoms with van der Waals surface area (Å²) in [4.78, 5) is 51.5. The summed E-state index contributed by atoms with van der Waals surface area (Å²) in [5, 5.41) is 0. The van der Waals surface area contributed by atoms with E-state index in [-0.39, 0.29) is 18.5 Å². The van der Waals surface area contributed by atoms with Gasteiger partial charge in [-0.05, 0) is 12.1 Å². The van der Waals surface area contributed by atoms with E-state index in [1.165, 1.54) is 31.3 Å². The van der Waals surface area contributed by atoms with Gasteiger partial charge < -0.3 is 23.9 Å². The minimum absolute atomic E-state index is 0.114. The fourth-order valence-electron chi connectivity index (χ4n) is 3.50. The van der Waals surface area contributed by atoms with Crippen LogP contribution in [0.1, 0.15) is 29.9 Å². The zero-order valence-corrected chi connectivity index (χ0v) is 17.8. The molecule has 33 heavy (non-hydrogen) atoms. The van der Waals surface area contributed by atoms with E-state index >= 15 is 0 Å². The molecule has 1 saturated heterocycles. The van der Waals surface area contributed by atoms with Gasteiger partial charge in [-0.2, -0.15) is 4.99 Å². The van der Waals surface area contributed by atoms with Crippen LogP contribution in [0.5, 0.6) is 0 Å². The first kappa shape index (κ1) is 22.1. The summed E-state index contributed by atoms with van der Waals surface area (Å²) < 4.78 is 22.4. The molecule has 3 heterocycles. The number of ether oxygens (including phenoxy) is 4. The number of nitrogens with zero attached hydrogens (tertiary/aromatic N) is 4. The molecule has 12 heteroatoms. The predicted molar refractivity (Wildman–Crippen MR) is 111 cm³/mol. The van der Waals surface area contributed by atoms with Crippen LogP contribution in [0.4, 0.5) is 4.79 Å². The number of H-pyrrole nitrogens is 1. The number of amides is 1. The number of aromatic nitrogens is 4. The smallest absolute Gasteiger partial charge is 0.458 e. The largest absolute Gasteiger partial charge is 0.508 e. The van der Waals surface area contributed by atoms with Crippen molar-refractivity contribution in [1.29, 1.82) is 0 Å². The molecular weight excluding hydrogens is 434 g/mol. The second-order valence-corrected chi connectivity index (χ2v) is 7.16. The molecule has 3 atom stereocenters. The number of imidazole rings is 1. The van der Waals surface area contributed by atoms with Crippen molar-refractivity contribution in [2.24, 2.45) is 4.99 Å². The number of hydrogen-bond acceptors (Lipinski definition) is 9. The highest BCUT2D eigenvalue weighted by Crippen LogP contribution is 2.31. The number of esters is 1. The summed E-state index contributed by atoms with van der Waals surface area (Å²) in [6.07, 6.45) is -0.0132. The highest BCUT2D eigenvalue weighted by atomic mass is 16.7. The average Bonchev–Trinajstić information content (AvgIpc) is 3.45. The summed E-state index contributed by atoms with van der Waals surface area (Å²) in [5.41, 5.74) is 1.34. The van der Waals surface area contributed by atoms with Crippen LogP contribution < -0.4 is 5.49 Å². The highest BCUT2D eigenvalue weighted by Gasteiger charge is 2.40. The summed E-state index contributed by atoms with van der Waals surface area (Å²) in [5.74, 6) is -1.00. The SMILES string of the molecule is COC(=O)OC[C@@H]1C[C@@H](OC(C)=O)C(n2cnc3nc[nH]c3c2=NC(=O)c2ccccc2)O1. The van der Waals surface area contributed by atoms with Gasteiger partial charge in [0.05, 0.1) is 19.5 Å². The van der Waals surface area contributed by atoms with E-state index in [9.17, 15) is 14.4 Å². The Bertz CT molecular complexity index is 1240. The maximum atomic E-state index is 12.8. The molecule has 12 nitrogen and oxygen atoms in total. The van der Waals surface area contributed by atoms with Gasteiger partial charge in [0.25, 0.3) is 5.91 Å². The summed E-state index contributed by atoms with van der Waals surface area (Å²) >= 11 is 0. The molecule has 1 fully saturated rings. The molecule has 1 amide bonds. The number of rotatable bonds is 5. The van der Waals surface area contributed by atoms with Gasteiger partial charge in [0.1, 0.15) is 24.6 Å². The third-order valence-electron chi connectivity index (χ3n) is 4.91. The van der Waals surface area contributed by atoms with Crippen LogP contribution in [-0.2, 0) is 23.7 Å². The molecule has 1 aromatic carbocycles. The maximum absolute atomic E-state index is 12.8. The standard InChI is InChI=1S/C21H21N5O7/c1-12(27)32-15-8-14(9-31-21(29)30-2)33-20(15)26-11-24-17-16(22-10-23-17)18(26)25-19(28)13-6-4-3-5-7-13/h3-7,10-11,14-15,20H,8-9H2,1-2H3,(H,22,23)/t14-,15+,20?/m0/s1. The van der Waals surface area contributed by atoms with Gasteiger partial charge in [-0.1, -0.05) is 18.2 Å². The highest BCUT2D eigenvalue weighted by molar-refractivity contribution is 5.95. The zero-order valence-electron chi connectivity index (χ0n) is 17.8. The fraction of sp³-hybridized carbons (Fsp3) is 0.333. The Balaban J connectivity index is 1.74. The van der Waals surface area contributed by atoms with Crippen molar-refractivity contribution >= 4 is 29.2 Å². The van der Waals surface area contributed by atoms with E-state index in [0.29, 0.717) is 16.7 Å². The molecule has 0 saturated carbocycles. The van der Waals surface area contributed by atoms with E-state index in [0.717, 1.165) is 0 Å². The molecule has 172 valence electrons. The molecule has 3 aromatic rings. The quantitative estimate of drug-likeness (QED) is 0.565. The molecule has 1 unspecified atom stereocenters. The maximum Gasteiger partial charge on any atom is 0.508 e. The van der Waals surface area contributed by atoms with Crippen LogP contribution in [0.15, 0.2) is 48.0 Å². The van der Waals surface area contributed by atoms with E-state index in [4.69, 9.17) is 14.2 Å². The first-order valence-electron chi connectivity index (χ1n) is 10.0. The number of fused-ring (bicyclic) bond motifs is 1. The lowest BCUT2D eigenvalue weighted by Crippen LogP contribution is -2.34. The van der Waals surface area contributed by atoms with Crippen molar-refractivity contribution in [2.45, 2.75) is 31.8 Å². The van der Waals surface area contributed by atoms with Crippen LogP contribution in [-0.4, -0.2) is 63.5 Å². The van der Waals surface area contributed by atoms with Crippen molar-refractivity contribution in [3.8, 4) is 0 Å². The molecule has 1 aliphatic heterocycles. The van der Waals surface area contributed by atoms with Crippen molar-refractivity contribution in [3.63, 3.8) is 0 Å². The Kier molecular flexibility index (Phi) is 6.45. The Morgan fingerprint density at radius 2 is 2.03 bits per heavy atom. The molecule has 1 N–H and O–H groups in total. The Morgan fingerprint density at radius 3 is 2.76 bits per heavy atom. The molecule has 0 aliphatic carbocycles. The molecular formula is C21H21N5O7. The third-order valence-corrected chi connectivity index (χ3v) is 4.91. The van der Waals surface area contributed by atoms with E-state index in [1.54, 1.807) is 30.3 Å². The molecule has 2 aromatic heterocycles. The molecule has 0 spiro atoms. The molecule has 1 aliphatic rings. The van der Waals surface area contributed by atoms with Gasteiger partial charge >= 0.3 is 12.1 Å². The molecule has 0 bridgehead atoms. The number of benzene rings is 1. The second-order valence-electron chi connectivity index (χ2n) is 7.16. The average molecular weight is 455 g/mol. The minimum Gasteiger partial charge on any atom is -0.458 e. The Morgan fingerprint density at radius 1 is 1.24 bits per heavy atom. The lowest BCUT2D eigenvalue weighted by Gasteiger charge is -2.21. The van der Waals surface area contributed by atoms with Crippen molar-refractivity contribution in [2.75, 3.05) is 13.7 Å². The summed E-state index contributed by atoms with van der Waals surface area (Å²) in [6, 6.07) is 8.56. The number of carbonyl (C=O) groups is 3. The van der Waals surface area contributed by atoms with Crippen molar-refractivity contribution in [3.05, 3.63) is 54.0 Å². The fourth-order valence-corrected chi connectivity index (χ4v) is 3.50. The zero-order chi connectivity index (χ0) is 23.4.